The molecule has 0 aromatic carbocycles. The number of carbonyl (C=O) groups is 2. The topological polar surface area (TPSA) is 92.7 Å². The summed E-state index contributed by atoms with van der Waals surface area (Å²) in [5.41, 5.74) is 2.61. The molecule has 8 heteroatoms. The number of likely N-dealkylation sites (tertiary alicyclic amines) is 1. The van der Waals surface area contributed by atoms with Crippen molar-refractivity contribution in [3.63, 3.8) is 0 Å². The minimum atomic E-state index is -0.197. The number of hydrogen-bond acceptors (Lipinski definition) is 5. The van der Waals surface area contributed by atoms with Gasteiger partial charge < -0.3 is 14.6 Å². The number of nitrogens with one attached hydrogen (secondary N) is 1. The van der Waals surface area contributed by atoms with Gasteiger partial charge in [0.1, 0.15) is 11.5 Å². The maximum Gasteiger partial charge on any atom is 0.287 e. The number of aromatic nitrogens is 2. The molecular formula is C24H31N5O3. The Hall–Kier alpha value is -3.16. The van der Waals surface area contributed by atoms with E-state index in [1.54, 1.807) is 23.0 Å². The Morgan fingerprint density at radius 1 is 1.34 bits per heavy atom. The van der Waals surface area contributed by atoms with E-state index in [1.807, 2.05) is 31.7 Å². The Labute approximate surface area is 188 Å². The van der Waals surface area contributed by atoms with Crippen LogP contribution in [0.25, 0.3) is 6.08 Å². The van der Waals surface area contributed by atoms with Gasteiger partial charge >= 0.3 is 0 Å². The molecule has 8 nitrogen and oxygen atoms in total. The standard InChI is InChI=1S/C24H31N5O3/c1-5-29-20(12-16(2)27-29)23(31)28-10-7-24(8-11-28)14-19(24)15-26-22(30)21-13-18(6-9-25-4)17(3)32-21/h6,9,12-13,19H,4-5,7-8,10-11,14-15H2,1-3H3,(H,26,30)/b9-6-. The number of furan rings is 1. The van der Waals surface area contributed by atoms with Crippen LogP contribution in [-0.4, -0.2) is 52.8 Å². The summed E-state index contributed by atoms with van der Waals surface area (Å²) in [7, 11) is 0. The summed E-state index contributed by atoms with van der Waals surface area (Å²) in [6.45, 7) is 12.0. The second-order valence-corrected chi connectivity index (χ2v) is 8.87. The van der Waals surface area contributed by atoms with Gasteiger partial charge in [-0.1, -0.05) is 0 Å². The van der Waals surface area contributed by atoms with Crippen LogP contribution < -0.4 is 5.32 Å². The lowest BCUT2D eigenvalue weighted by Crippen LogP contribution is -2.41. The van der Waals surface area contributed by atoms with Gasteiger partial charge in [-0.25, -0.2) is 0 Å². The quantitative estimate of drug-likeness (QED) is 0.672. The summed E-state index contributed by atoms with van der Waals surface area (Å²) >= 11 is 0. The van der Waals surface area contributed by atoms with Crippen LogP contribution >= 0.6 is 0 Å². The lowest BCUT2D eigenvalue weighted by atomic mass is 9.90. The number of aryl methyl sites for hydroxylation is 3. The lowest BCUT2D eigenvalue weighted by molar-refractivity contribution is 0.0656. The van der Waals surface area contributed by atoms with Gasteiger partial charge in [-0.15, -0.1) is 0 Å². The van der Waals surface area contributed by atoms with Crippen LogP contribution in [0.4, 0.5) is 0 Å². The minimum absolute atomic E-state index is 0.0671. The fourth-order valence-corrected chi connectivity index (χ4v) is 4.82. The summed E-state index contributed by atoms with van der Waals surface area (Å²) in [5, 5.41) is 7.42. The molecular weight excluding hydrogens is 406 g/mol. The normalized spacial score (nSPS) is 19.5. The molecule has 1 unspecified atom stereocenters. The van der Waals surface area contributed by atoms with Crippen LogP contribution in [0.15, 0.2) is 27.7 Å². The molecule has 1 spiro atoms. The maximum absolute atomic E-state index is 13.0. The molecule has 0 bridgehead atoms. The van der Waals surface area contributed by atoms with E-state index >= 15 is 0 Å². The summed E-state index contributed by atoms with van der Waals surface area (Å²) in [4.78, 5) is 31.1. The largest absolute Gasteiger partial charge is 0.456 e. The average Bonchev–Trinajstić information content (AvgIpc) is 3.10. The van der Waals surface area contributed by atoms with E-state index in [4.69, 9.17) is 4.42 Å². The van der Waals surface area contributed by atoms with Crippen LogP contribution in [0, 0.1) is 25.2 Å². The highest BCUT2D eigenvalue weighted by atomic mass is 16.3. The highest BCUT2D eigenvalue weighted by Crippen LogP contribution is 2.59. The van der Waals surface area contributed by atoms with Crippen LogP contribution in [0.5, 0.6) is 0 Å². The SMILES string of the molecule is C=N/C=C\c1cc(C(=O)NCC2CC23CCN(C(=O)c2cc(C)nn2CC)CC3)oc1C. The number of rotatable bonds is 7. The van der Waals surface area contributed by atoms with Crippen molar-refractivity contribution in [1.29, 1.82) is 0 Å². The molecule has 1 aliphatic carbocycles. The molecule has 1 saturated carbocycles. The van der Waals surface area contributed by atoms with Gasteiger partial charge in [0.15, 0.2) is 5.76 Å². The summed E-state index contributed by atoms with van der Waals surface area (Å²) in [5.74, 6) is 1.31. The smallest absolute Gasteiger partial charge is 0.287 e. The van der Waals surface area contributed by atoms with Crippen LogP contribution in [0.1, 0.15) is 64.2 Å². The molecule has 2 fully saturated rings. The summed E-state index contributed by atoms with van der Waals surface area (Å²) in [6.07, 6.45) is 6.38. The Morgan fingerprint density at radius 2 is 2.09 bits per heavy atom. The van der Waals surface area contributed by atoms with E-state index < -0.39 is 0 Å². The number of piperidine rings is 1. The predicted octanol–water partition coefficient (Wildman–Crippen LogP) is 3.46. The fraction of sp³-hybridized carbons (Fsp3) is 0.500. The van der Waals surface area contributed by atoms with Crippen LogP contribution in [-0.2, 0) is 6.54 Å². The highest BCUT2D eigenvalue weighted by molar-refractivity contribution is 5.93. The molecule has 4 rings (SSSR count). The first-order valence-electron chi connectivity index (χ1n) is 11.2. The van der Waals surface area contributed by atoms with Crippen molar-refractivity contribution < 1.29 is 14.0 Å². The van der Waals surface area contributed by atoms with E-state index in [0.29, 0.717) is 36.2 Å². The molecule has 170 valence electrons. The van der Waals surface area contributed by atoms with Gasteiger partial charge in [-0.3, -0.25) is 19.3 Å². The molecule has 2 aromatic heterocycles. The van der Waals surface area contributed by atoms with Gasteiger partial charge in [-0.05, 0) is 76.3 Å². The monoisotopic (exact) mass is 437 g/mol. The molecule has 1 aliphatic heterocycles. The van der Waals surface area contributed by atoms with Crippen molar-refractivity contribution in [2.45, 2.75) is 46.6 Å². The van der Waals surface area contributed by atoms with E-state index in [-0.39, 0.29) is 17.2 Å². The van der Waals surface area contributed by atoms with Crippen molar-refractivity contribution in [2.75, 3.05) is 19.6 Å². The molecule has 2 aliphatic rings. The third-order valence-electron chi connectivity index (χ3n) is 6.87. The second kappa shape index (κ2) is 8.76. The Morgan fingerprint density at radius 3 is 2.78 bits per heavy atom. The number of hydrogen-bond donors (Lipinski definition) is 1. The molecule has 0 radical (unpaired) electrons. The van der Waals surface area contributed by atoms with Gasteiger partial charge in [0.2, 0.25) is 0 Å². The van der Waals surface area contributed by atoms with E-state index in [1.165, 1.54) is 0 Å². The maximum atomic E-state index is 13.0. The zero-order valence-electron chi connectivity index (χ0n) is 19.1. The van der Waals surface area contributed by atoms with Crippen molar-refractivity contribution in [3.05, 3.63) is 46.8 Å². The lowest BCUT2D eigenvalue weighted by Gasteiger charge is -2.33. The van der Waals surface area contributed by atoms with Gasteiger partial charge in [0, 0.05) is 37.9 Å². The van der Waals surface area contributed by atoms with Crippen molar-refractivity contribution >= 4 is 24.6 Å². The summed E-state index contributed by atoms with van der Waals surface area (Å²) < 4.78 is 7.37. The third-order valence-corrected chi connectivity index (χ3v) is 6.87. The van der Waals surface area contributed by atoms with Crippen molar-refractivity contribution in [2.24, 2.45) is 16.3 Å². The number of aliphatic imine (C=N–C) groups is 1. The number of carbonyl (C=O) groups excluding carboxylic acids is 2. The van der Waals surface area contributed by atoms with Crippen molar-refractivity contribution in [3.8, 4) is 0 Å². The average molecular weight is 438 g/mol. The summed E-state index contributed by atoms with van der Waals surface area (Å²) in [6, 6.07) is 3.60. The predicted molar refractivity (Wildman–Crippen MR) is 123 cm³/mol. The van der Waals surface area contributed by atoms with E-state index in [0.717, 1.165) is 43.6 Å². The van der Waals surface area contributed by atoms with Gasteiger partial charge in [-0.2, -0.15) is 5.10 Å². The fourth-order valence-electron chi connectivity index (χ4n) is 4.82. The van der Waals surface area contributed by atoms with Crippen LogP contribution in [0.2, 0.25) is 0 Å². The molecule has 32 heavy (non-hydrogen) atoms. The van der Waals surface area contributed by atoms with Crippen molar-refractivity contribution in [1.82, 2.24) is 20.0 Å². The molecule has 2 aromatic rings. The molecule has 2 amide bonds. The first kappa shape index (κ1) is 22.0. The second-order valence-electron chi connectivity index (χ2n) is 8.87. The Balaban J connectivity index is 1.28. The Bertz CT molecular complexity index is 1060. The zero-order chi connectivity index (χ0) is 22.9. The van der Waals surface area contributed by atoms with Gasteiger partial charge in [0.25, 0.3) is 11.8 Å². The van der Waals surface area contributed by atoms with Gasteiger partial charge in [0.05, 0.1) is 5.69 Å². The van der Waals surface area contributed by atoms with E-state index in [9.17, 15) is 9.59 Å². The first-order valence-corrected chi connectivity index (χ1v) is 11.2. The van der Waals surface area contributed by atoms with Crippen LogP contribution in [0.3, 0.4) is 0 Å². The number of amides is 2. The van der Waals surface area contributed by atoms with E-state index in [2.05, 4.69) is 22.1 Å². The third kappa shape index (κ3) is 4.26. The highest BCUT2D eigenvalue weighted by Gasteiger charge is 2.54. The number of nitrogens with zero attached hydrogens (tertiary/aromatic N) is 4. The minimum Gasteiger partial charge on any atom is -0.456 e. The molecule has 1 N–H and O–H groups in total. The molecule has 3 heterocycles. The molecule has 1 saturated heterocycles. The Kier molecular flexibility index (Phi) is 6.04. The molecule has 1 atom stereocenters. The zero-order valence-corrected chi connectivity index (χ0v) is 19.1. The first-order chi connectivity index (χ1) is 15.4.